The van der Waals surface area contributed by atoms with Crippen molar-refractivity contribution in [2.24, 2.45) is 11.8 Å². The van der Waals surface area contributed by atoms with Crippen LogP contribution in [0, 0.1) is 11.8 Å². The van der Waals surface area contributed by atoms with Crippen LogP contribution in [-0.2, 0) is 10.2 Å². The fourth-order valence-corrected chi connectivity index (χ4v) is 5.65. The molecule has 0 saturated heterocycles. The first-order valence-electron chi connectivity index (χ1n) is 15.6. The van der Waals surface area contributed by atoms with Gasteiger partial charge in [-0.3, -0.25) is 9.78 Å². The van der Waals surface area contributed by atoms with E-state index in [9.17, 15) is 4.79 Å². The zero-order valence-corrected chi connectivity index (χ0v) is 26.4. The molecule has 3 aromatic rings. The van der Waals surface area contributed by atoms with Crippen molar-refractivity contribution in [3.05, 3.63) is 48.2 Å². The summed E-state index contributed by atoms with van der Waals surface area (Å²) in [6.07, 6.45) is 13.3. The topological polar surface area (TPSA) is 127 Å². The predicted molar refractivity (Wildman–Crippen MR) is 169 cm³/mol. The first-order chi connectivity index (χ1) is 20.6. The van der Waals surface area contributed by atoms with E-state index in [1.807, 2.05) is 24.5 Å². The maximum atomic E-state index is 13.6. The highest BCUT2D eigenvalue weighted by molar-refractivity contribution is 5.83. The highest BCUT2D eigenvalue weighted by atomic mass is 16.5. The number of ether oxygens (including phenoxy) is 1. The number of nitrogens with zero attached hydrogens (tertiary/aromatic N) is 5. The minimum Gasteiger partial charge on any atom is -0.467 e. The van der Waals surface area contributed by atoms with Crippen LogP contribution in [0.3, 0.4) is 0 Å². The van der Waals surface area contributed by atoms with Crippen LogP contribution in [0.2, 0.25) is 0 Å². The second kappa shape index (κ2) is 13.2. The zero-order valence-electron chi connectivity index (χ0n) is 26.4. The van der Waals surface area contributed by atoms with Gasteiger partial charge in [0.1, 0.15) is 5.82 Å². The molecule has 0 radical (unpaired) electrons. The molecule has 1 unspecified atom stereocenters. The molecule has 43 heavy (non-hydrogen) atoms. The summed E-state index contributed by atoms with van der Waals surface area (Å²) in [5, 5.41) is 10.4. The van der Waals surface area contributed by atoms with Crippen LogP contribution in [0.15, 0.2) is 36.9 Å². The van der Waals surface area contributed by atoms with E-state index in [2.05, 4.69) is 65.5 Å². The number of pyridine rings is 1. The van der Waals surface area contributed by atoms with Crippen molar-refractivity contribution in [1.29, 1.82) is 0 Å². The Morgan fingerprint density at radius 1 is 0.884 bits per heavy atom. The minimum absolute atomic E-state index is 0.0341. The number of rotatable bonds is 11. The van der Waals surface area contributed by atoms with Crippen LogP contribution in [0.25, 0.3) is 11.1 Å². The summed E-state index contributed by atoms with van der Waals surface area (Å²) < 4.78 is 5.07. The molecule has 1 atom stereocenters. The number of methoxy groups -OCH3 is 1. The quantitative estimate of drug-likeness (QED) is 0.258. The summed E-state index contributed by atoms with van der Waals surface area (Å²) in [5.74, 6) is 1.93. The molecule has 1 amide bonds. The summed E-state index contributed by atoms with van der Waals surface area (Å²) in [6, 6.07) is 5.07. The van der Waals surface area contributed by atoms with E-state index in [4.69, 9.17) is 14.7 Å². The van der Waals surface area contributed by atoms with Crippen LogP contribution < -0.4 is 20.7 Å². The molecular formula is C33H46N8O2. The highest BCUT2D eigenvalue weighted by Crippen LogP contribution is 2.38. The van der Waals surface area contributed by atoms with Gasteiger partial charge in [0.25, 0.3) is 0 Å². The van der Waals surface area contributed by atoms with E-state index >= 15 is 0 Å². The molecule has 0 spiro atoms. The highest BCUT2D eigenvalue weighted by Gasteiger charge is 2.35. The molecule has 0 bridgehead atoms. The minimum atomic E-state index is -0.308. The van der Waals surface area contributed by atoms with E-state index in [-0.39, 0.29) is 29.2 Å². The number of hydrogen-bond donors (Lipinski definition) is 3. The van der Waals surface area contributed by atoms with E-state index < -0.39 is 0 Å². The van der Waals surface area contributed by atoms with Crippen molar-refractivity contribution in [3.8, 4) is 17.1 Å². The van der Waals surface area contributed by atoms with Crippen molar-refractivity contribution in [2.75, 3.05) is 24.3 Å². The van der Waals surface area contributed by atoms with Gasteiger partial charge in [-0.15, -0.1) is 0 Å². The number of carbonyl (C=O) groups is 1. The van der Waals surface area contributed by atoms with Crippen LogP contribution in [0.4, 0.5) is 11.8 Å². The fraction of sp³-hybridized carbons (Fsp3) is 0.576. The van der Waals surface area contributed by atoms with Gasteiger partial charge >= 0.3 is 6.01 Å². The van der Waals surface area contributed by atoms with Crippen molar-refractivity contribution in [3.63, 3.8) is 0 Å². The lowest BCUT2D eigenvalue weighted by atomic mass is 9.76. The third kappa shape index (κ3) is 7.97. The van der Waals surface area contributed by atoms with Crippen LogP contribution >= 0.6 is 0 Å². The molecule has 3 aromatic heterocycles. The second-order valence-corrected chi connectivity index (χ2v) is 13.4. The molecule has 2 fully saturated rings. The third-order valence-corrected chi connectivity index (χ3v) is 8.31. The molecule has 0 aromatic carbocycles. The SMILES string of the molecule is COc1ncc(-c2ccc(C(C(=O)NCC(C)C)C3CCC(Nc4ncc(C(C)(C)C)c(NC5CC5)n4)CC3)nc2)cn1. The molecule has 10 heteroatoms. The molecule has 5 rings (SSSR count). The smallest absolute Gasteiger partial charge is 0.316 e. The molecule has 3 heterocycles. The standard InChI is InChI=1S/C33H46N8O2/c1-20(2)15-35-30(42)28(27-14-9-22(16-34-27)23-17-37-32(43-6)38-18-23)21-7-10-25(11-8-21)40-31-36-19-26(33(3,4)5)29(41-31)39-24-12-13-24/h9,14,16-21,24-25,28H,7-8,10-13,15H2,1-6H3,(H,35,42)(H2,36,39,40,41). The van der Waals surface area contributed by atoms with E-state index in [1.165, 1.54) is 12.8 Å². The van der Waals surface area contributed by atoms with Gasteiger partial charge in [0.2, 0.25) is 11.9 Å². The second-order valence-electron chi connectivity index (χ2n) is 13.4. The van der Waals surface area contributed by atoms with Gasteiger partial charge in [-0.1, -0.05) is 40.7 Å². The fourth-order valence-electron chi connectivity index (χ4n) is 5.65. The number of hydrogen-bond acceptors (Lipinski definition) is 9. The van der Waals surface area contributed by atoms with Gasteiger partial charge in [-0.2, -0.15) is 4.98 Å². The summed E-state index contributed by atoms with van der Waals surface area (Å²) in [4.78, 5) is 36.3. The van der Waals surface area contributed by atoms with E-state index in [1.54, 1.807) is 19.5 Å². The van der Waals surface area contributed by atoms with Crippen LogP contribution in [0.1, 0.15) is 90.3 Å². The van der Waals surface area contributed by atoms with Gasteiger partial charge in [-0.25, -0.2) is 15.0 Å². The number of carbonyl (C=O) groups excluding carboxylic acids is 1. The van der Waals surface area contributed by atoms with Gasteiger partial charge in [-0.05, 0) is 61.8 Å². The Morgan fingerprint density at radius 3 is 2.12 bits per heavy atom. The maximum absolute atomic E-state index is 13.6. The summed E-state index contributed by atoms with van der Waals surface area (Å²) in [6.45, 7) is 11.5. The summed E-state index contributed by atoms with van der Waals surface area (Å²) in [7, 11) is 1.54. The van der Waals surface area contributed by atoms with Gasteiger partial charge in [0.15, 0.2) is 0 Å². The molecule has 10 nitrogen and oxygen atoms in total. The lowest BCUT2D eigenvalue weighted by Crippen LogP contribution is -2.38. The third-order valence-electron chi connectivity index (χ3n) is 8.31. The molecule has 2 aliphatic rings. The first kappa shape index (κ1) is 30.6. The monoisotopic (exact) mass is 586 g/mol. The Labute approximate surface area is 255 Å². The number of anilines is 2. The van der Waals surface area contributed by atoms with Gasteiger partial charge < -0.3 is 20.7 Å². The first-order valence-corrected chi connectivity index (χ1v) is 15.6. The zero-order chi connectivity index (χ0) is 30.6. The molecular weight excluding hydrogens is 540 g/mol. The van der Waals surface area contributed by atoms with Crippen molar-refractivity contribution < 1.29 is 9.53 Å². The summed E-state index contributed by atoms with van der Waals surface area (Å²) >= 11 is 0. The Kier molecular flexibility index (Phi) is 9.42. The Hall–Kier alpha value is -3.82. The van der Waals surface area contributed by atoms with Crippen molar-refractivity contribution >= 4 is 17.7 Å². The van der Waals surface area contributed by atoms with Crippen molar-refractivity contribution in [2.45, 2.75) is 96.6 Å². The summed E-state index contributed by atoms with van der Waals surface area (Å²) in [5.41, 5.74) is 3.65. The Bertz CT molecular complexity index is 1360. The maximum Gasteiger partial charge on any atom is 0.316 e. The van der Waals surface area contributed by atoms with E-state index in [0.29, 0.717) is 30.5 Å². The van der Waals surface area contributed by atoms with Crippen LogP contribution in [-0.4, -0.2) is 56.6 Å². The average molecular weight is 587 g/mol. The normalized spacial score (nSPS) is 19.5. The van der Waals surface area contributed by atoms with Gasteiger partial charge in [0, 0.05) is 60.1 Å². The number of nitrogens with one attached hydrogen (secondary N) is 3. The predicted octanol–water partition coefficient (Wildman–Crippen LogP) is 5.74. The average Bonchev–Trinajstić information content (AvgIpc) is 3.81. The molecule has 0 aliphatic heterocycles. The Morgan fingerprint density at radius 2 is 1.53 bits per heavy atom. The van der Waals surface area contributed by atoms with E-state index in [0.717, 1.165) is 53.9 Å². The van der Waals surface area contributed by atoms with Crippen molar-refractivity contribution in [1.82, 2.24) is 30.2 Å². The molecule has 2 aliphatic carbocycles. The lowest BCUT2D eigenvalue weighted by Gasteiger charge is -2.33. The molecule has 3 N–H and O–H groups in total. The van der Waals surface area contributed by atoms with Gasteiger partial charge in [0.05, 0.1) is 18.7 Å². The Balaban J connectivity index is 1.27. The largest absolute Gasteiger partial charge is 0.467 e. The molecule has 230 valence electrons. The number of amides is 1. The van der Waals surface area contributed by atoms with Crippen LogP contribution in [0.5, 0.6) is 6.01 Å². The molecule has 2 saturated carbocycles. The number of aromatic nitrogens is 5. The lowest BCUT2D eigenvalue weighted by molar-refractivity contribution is -0.124.